The third-order valence-electron chi connectivity index (χ3n) is 5.98. The highest BCUT2D eigenvalue weighted by atomic mass is 35.5. The fourth-order valence-corrected chi connectivity index (χ4v) is 4.27. The molecule has 1 aliphatic heterocycles. The van der Waals surface area contributed by atoms with E-state index in [1.54, 1.807) is 18.2 Å². The molecule has 3 aromatic rings. The number of hydrogen-bond donors (Lipinski definition) is 1. The number of piperidine rings is 1. The van der Waals surface area contributed by atoms with Crippen LogP contribution in [0.15, 0.2) is 47.0 Å². The Balaban J connectivity index is 1.30. The maximum Gasteiger partial charge on any atom is 0.241 e. The Morgan fingerprint density at radius 3 is 2.48 bits per heavy atom. The van der Waals surface area contributed by atoms with Crippen molar-refractivity contribution in [3.63, 3.8) is 0 Å². The first kappa shape index (κ1) is 23.7. The number of carbonyl (C=O) groups is 1. The Hall–Kier alpha value is -2.41. The van der Waals surface area contributed by atoms with Crippen LogP contribution in [0.2, 0.25) is 10.0 Å². The minimum atomic E-state index is -0.0733. The van der Waals surface area contributed by atoms with E-state index in [0.717, 1.165) is 31.5 Å². The second kappa shape index (κ2) is 9.84. The molecule has 33 heavy (non-hydrogen) atoms. The molecule has 0 aliphatic carbocycles. The molecule has 6 nitrogen and oxygen atoms in total. The lowest BCUT2D eigenvalue weighted by atomic mass is 9.87. The van der Waals surface area contributed by atoms with E-state index in [0.29, 0.717) is 34.0 Å². The molecule has 1 saturated heterocycles. The molecule has 0 saturated carbocycles. The molecular formula is C25H28Cl2N4O2. The summed E-state index contributed by atoms with van der Waals surface area (Å²) in [5.41, 5.74) is 2.85. The Kier molecular flexibility index (Phi) is 7.07. The number of benzene rings is 2. The molecule has 174 valence electrons. The maximum absolute atomic E-state index is 12.7. The largest absolute Gasteiger partial charge is 0.338 e. The molecule has 1 fully saturated rings. The lowest BCUT2D eigenvalue weighted by Gasteiger charge is -2.30. The Morgan fingerprint density at radius 2 is 1.82 bits per heavy atom. The fourth-order valence-electron chi connectivity index (χ4n) is 3.93. The van der Waals surface area contributed by atoms with Crippen LogP contribution in [0, 0.1) is 5.92 Å². The summed E-state index contributed by atoms with van der Waals surface area (Å²) in [7, 11) is 0. The Labute approximate surface area is 204 Å². The van der Waals surface area contributed by atoms with Crippen molar-refractivity contribution in [1.29, 1.82) is 0 Å². The third-order valence-corrected chi connectivity index (χ3v) is 6.55. The van der Waals surface area contributed by atoms with Crippen LogP contribution in [0.1, 0.15) is 45.1 Å². The van der Waals surface area contributed by atoms with Crippen LogP contribution < -0.4 is 5.32 Å². The predicted molar refractivity (Wildman–Crippen MR) is 132 cm³/mol. The molecule has 1 amide bonds. The second-order valence-corrected chi connectivity index (χ2v) is 10.3. The van der Waals surface area contributed by atoms with Gasteiger partial charge in [0, 0.05) is 16.5 Å². The summed E-state index contributed by atoms with van der Waals surface area (Å²) in [5.74, 6) is 1.07. The molecule has 1 aromatic heterocycles. The van der Waals surface area contributed by atoms with Gasteiger partial charge in [0.05, 0.1) is 17.3 Å². The summed E-state index contributed by atoms with van der Waals surface area (Å²) < 4.78 is 5.49. The van der Waals surface area contributed by atoms with E-state index in [4.69, 9.17) is 27.7 Å². The van der Waals surface area contributed by atoms with Crippen molar-refractivity contribution in [3.05, 3.63) is 64.0 Å². The van der Waals surface area contributed by atoms with Crippen LogP contribution in [0.5, 0.6) is 0 Å². The highest BCUT2D eigenvalue weighted by Crippen LogP contribution is 2.28. The summed E-state index contributed by atoms with van der Waals surface area (Å²) in [4.78, 5) is 19.5. The standard InChI is InChI=1S/C25H28Cl2N4O2/c1-25(2,3)18-6-4-16(5-7-18)23-29-22(33-30-23)15-31-12-10-17(11-13-31)24(32)28-21-14-19(26)8-9-20(21)27/h4-9,14,17H,10-13,15H2,1-3H3,(H,28,32). The van der Waals surface area contributed by atoms with Gasteiger partial charge in [0.2, 0.25) is 17.6 Å². The van der Waals surface area contributed by atoms with E-state index in [1.165, 1.54) is 5.56 Å². The zero-order valence-corrected chi connectivity index (χ0v) is 20.6. The maximum atomic E-state index is 12.7. The molecule has 0 unspecified atom stereocenters. The lowest BCUT2D eigenvalue weighted by Crippen LogP contribution is -2.37. The van der Waals surface area contributed by atoms with Crippen LogP contribution in [-0.4, -0.2) is 34.0 Å². The fraction of sp³-hybridized carbons (Fsp3) is 0.400. The van der Waals surface area contributed by atoms with Gasteiger partial charge in [-0.15, -0.1) is 0 Å². The third kappa shape index (κ3) is 5.94. The highest BCUT2D eigenvalue weighted by molar-refractivity contribution is 6.35. The van der Waals surface area contributed by atoms with Gasteiger partial charge in [-0.05, 0) is 55.1 Å². The molecule has 4 rings (SSSR count). The van der Waals surface area contributed by atoms with Gasteiger partial charge >= 0.3 is 0 Å². The van der Waals surface area contributed by atoms with E-state index in [-0.39, 0.29) is 17.2 Å². The lowest BCUT2D eigenvalue weighted by molar-refractivity contribution is -0.121. The topological polar surface area (TPSA) is 71.3 Å². The van der Waals surface area contributed by atoms with Gasteiger partial charge in [-0.1, -0.05) is 73.4 Å². The van der Waals surface area contributed by atoms with Crippen molar-refractivity contribution in [2.24, 2.45) is 5.92 Å². The van der Waals surface area contributed by atoms with Crippen molar-refractivity contribution in [2.75, 3.05) is 18.4 Å². The Bertz CT molecular complexity index is 1110. The second-order valence-electron chi connectivity index (χ2n) is 9.50. The van der Waals surface area contributed by atoms with Crippen LogP contribution in [-0.2, 0) is 16.8 Å². The first-order chi connectivity index (χ1) is 15.7. The first-order valence-electron chi connectivity index (χ1n) is 11.1. The number of amides is 1. The first-order valence-corrected chi connectivity index (χ1v) is 11.9. The average molecular weight is 487 g/mol. The molecule has 8 heteroatoms. The summed E-state index contributed by atoms with van der Waals surface area (Å²) in [6.45, 7) is 8.69. The van der Waals surface area contributed by atoms with Gasteiger partial charge < -0.3 is 9.84 Å². The molecular weight excluding hydrogens is 459 g/mol. The molecule has 0 radical (unpaired) electrons. The van der Waals surface area contributed by atoms with E-state index < -0.39 is 0 Å². The number of anilines is 1. The molecule has 1 aliphatic rings. The smallest absolute Gasteiger partial charge is 0.241 e. The van der Waals surface area contributed by atoms with Crippen molar-refractivity contribution in [1.82, 2.24) is 15.0 Å². The normalized spacial score (nSPS) is 15.5. The number of aromatic nitrogens is 2. The van der Waals surface area contributed by atoms with Gasteiger partial charge in [0.25, 0.3) is 0 Å². The van der Waals surface area contributed by atoms with Gasteiger partial charge in [0.1, 0.15) is 0 Å². The van der Waals surface area contributed by atoms with Crippen molar-refractivity contribution in [2.45, 2.75) is 45.6 Å². The zero-order chi connectivity index (χ0) is 23.6. The minimum Gasteiger partial charge on any atom is -0.338 e. The van der Waals surface area contributed by atoms with Crippen molar-refractivity contribution < 1.29 is 9.32 Å². The van der Waals surface area contributed by atoms with Crippen LogP contribution in [0.4, 0.5) is 5.69 Å². The van der Waals surface area contributed by atoms with E-state index in [9.17, 15) is 4.79 Å². The summed E-state index contributed by atoms with van der Waals surface area (Å²) in [6, 6.07) is 13.3. The minimum absolute atomic E-state index is 0.0300. The molecule has 0 bridgehead atoms. The van der Waals surface area contributed by atoms with E-state index >= 15 is 0 Å². The quantitative estimate of drug-likeness (QED) is 0.465. The predicted octanol–water partition coefficient (Wildman–Crippen LogP) is 6.19. The number of nitrogens with one attached hydrogen (secondary N) is 1. The SMILES string of the molecule is CC(C)(C)c1ccc(-c2noc(CN3CCC(C(=O)Nc4cc(Cl)ccc4Cl)CC3)n2)cc1. The number of likely N-dealkylation sites (tertiary alicyclic amines) is 1. The molecule has 1 N–H and O–H groups in total. The van der Waals surface area contributed by atoms with Crippen molar-refractivity contribution in [3.8, 4) is 11.4 Å². The molecule has 2 heterocycles. The van der Waals surface area contributed by atoms with Gasteiger partial charge in [-0.25, -0.2) is 0 Å². The van der Waals surface area contributed by atoms with E-state index in [1.807, 2.05) is 12.1 Å². The molecule has 2 aromatic carbocycles. The van der Waals surface area contributed by atoms with Gasteiger partial charge in [0.15, 0.2) is 0 Å². The van der Waals surface area contributed by atoms with Crippen LogP contribution in [0.25, 0.3) is 11.4 Å². The number of hydrogen-bond acceptors (Lipinski definition) is 5. The molecule has 0 spiro atoms. The van der Waals surface area contributed by atoms with Crippen LogP contribution in [0.3, 0.4) is 0 Å². The van der Waals surface area contributed by atoms with Gasteiger partial charge in [-0.3, -0.25) is 9.69 Å². The number of carbonyl (C=O) groups excluding carboxylic acids is 1. The number of rotatable bonds is 5. The Morgan fingerprint density at radius 1 is 1.12 bits per heavy atom. The van der Waals surface area contributed by atoms with Crippen LogP contribution >= 0.6 is 23.2 Å². The highest BCUT2D eigenvalue weighted by Gasteiger charge is 2.26. The number of halogens is 2. The summed E-state index contributed by atoms with van der Waals surface area (Å²) >= 11 is 12.2. The summed E-state index contributed by atoms with van der Waals surface area (Å²) in [6.07, 6.45) is 1.50. The average Bonchev–Trinajstić information content (AvgIpc) is 3.25. The monoisotopic (exact) mass is 486 g/mol. The number of nitrogens with zero attached hydrogens (tertiary/aromatic N) is 3. The summed E-state index contributed by atoms with van der Waals surface area (Å²) in [5, 5.41) is 8.07. The van der Waals surface area contributed by atoms with E-state index in [2.05, 4.69) is 53.3 Å². The van der Waals surface area contributed by atoms with Crippen molar-refractivity contribution >= 4 is 34.8 Å². The molecule has 0 atom stereocenters. The zero-order valence-electron chi connectivity index (χ0n) is 19.1. The van der Waals surface area contributed by atoms with Gasteiger partial charge in [-0.2, -0.15) is 4.98 Å².